The zero-order valence-electron chi connectivity index (χ0n) is 22.0. The third kappa shape index (κ3) is 5.59. The van der Waals surface area contributed by atoms with Crippen LogP contribution in [0.25, 0.3) is 0 Å². The summed E-state index contributed by atoms with van der Waals surface area (Å²) in [6, 6.07) is 4.61. The Morgan fingerprint density at radius 1 is 1.05 bits per heavy atom. The summed E-state index contributed by atoms with van der Waals surface area (Å²) in [6.45, 7) is 1.92. The number of sulfone groups is 1. The zero-order chi connectivity index (χ0) is 29.9. The van der Waals surface area contributed by atoms with Crippen LogP contribution in [0.2, 0.25) is 5.02 Å². The van der Waals surface area contributed by atoms with Crippen LogP contribution in [0.3, 0.4) is 0 Å². The van der Waals surface area contributed by atoms with Gasteiger partial charge >= 0.3 is 0 Å². The Hall–Kier alpha value is -2.67. The van der Waals surface area contributed by atoms with Crippen LogP contribution in [0.5, 0.6) is 0 Å². The Bertz CT molecular complexity index is 1480. The summed E-state index contributed by atoms with van der Waals surface area (Å²) < 4.78 is 68.0. The van der Waals surface area contributed by atoms with Crippen LogP contribution in [0.15, 0.2) is 35.2 Å². The highest BCUT2D eigenvalue weighted by molar-refractivity contribution is 7.92. The summed E-state index contributed by atoms with van der Waals surface area (Å²) in [4.78, 5) is 25.2. The van der Waals surface area contributed by atoms with E-state index >= 15 is 0 Å². The van der Waals surface area contributed by atoms with E-state index in [0.717, 1.165) is 6.07 Å². The average Bonchev–Trinajstić information content (AvgIpc) is 2.99. The maximum Gasteiger partial charge on any atom is 0.255 e. The predicted molar refractivity (Wildman–Crippen MR) is 143 cm³/mol. The van der Waals surface area contributed by atoms with Crippen molar-refractivity contribution in [3.63, 3.8) is 0 Å². The van der Waals surface area contributed by atoms with Crippen molar-refractivity contribution in [2.24, 2.45) is 17.8 Å². The molecule has 13 heteroatoms. The molecule has 4 N–H and O–H groups in total. The van der Waals surface area contributed by atoms with Gasteiger partial charge in [0.1, 0.15) is 0 Å². The smallest absolute Gasteiger partial charge is 0.255 e. The Morgan fingerprint density at radius 2 is 1.71 bits per heavy atom. The summed E-state index contributed by atoms with van der Waals surface area (Å²) >= 11 is 6.27. The molecule has 0 aliphatic heterocycles. The van der Waals surface area contributed by atoms with Gasteiger partial charge in [0.15, 0.2) is 27.3 Å². The van der Waals surface area contributed by atoms with Crippen LogP contribution >= 0.6 is 11.6 Å². The predicted octanol–water partition coefficient (Wildman–Crippen LogP) is 3.98. The molecule has 0 heterocycles. The number of benzene rings is 2. The van der Waals surface area contributed by atoms with Crippen LogP contribution in [0, 0.1) is 35.2 Å². The summed E-state index contributed by atoms with van der Waals surface area (Å²) in [5.74, 6) is -6.87. The van der Waals surface area contributed by atoms with Crippen molar-refractivity contribution < 1.29 is 41.4 Å². The number of carbonyl (C=O) groups is 2. The van der Waals surface area contributed by atoms with Gasteiger partial charge in [-0.15, -0.1) is 0 Å². The molecule has 222 valence electrons. The van der Waals surface area contributed by atoms with Crippen molar-refractivity contribution in [2.75, 3.05) is 5.32 Å². The van der Waals surface area contributed by atoms with Crippen LogP contribution in [-0.4, -0.2) is 53.4 Å². The van der Waals surface area contributed by atoms with E-state index in [1.807, 2.05) is 6.92 Å². The lowest BCUT2D eigenvalue weighted by atomic mass is 9.71. The number of carbonyl (C=O) groups excluding carboxylic acids is 2. The fraction of sp³-hybridized carbons (Fsp3) is 0.500. The Labute approximate surface area is 240 Å². The van der Waals surface area contributed by atoms with Gasteiger partial charge in [-0.05, 0) is 68.1 Å². The molecule has 3 aliphatic carbocycles. The van der Waals surface area contributed by atoms with Crippen LogP contribution in [-0.2, 0) is 14.6 Å². The number of hydrogen-bond donors (Lipinski definition) is 4. The number of aliphatic hydroxyl groups excluding tert-OH is 1. The van der Waals surface area contributed by atoms with Crippen molar-refractivity contribution in [1.29, 1.82) is 0 Å². The third-order valence-corrected chi connectivity index (χ3v) is 11.5. The first-order valence-corrected chi connectivity index (χ1v) is 15.3. The number of aliphatic hydroxyl groups is 2. The van der Waals surface area contributed by atoms with Gasteiger partial charge in [0.25, 0.3) is 5.91 Å². The number of nitrogens with one attached hydrogen (secondary N) is 2. The first-order valence-electron chi connectivity index (χ1n) is 13.4. The molecule has 2 bridgehead atoms. The topological polar surface area (TPSA) is 133 Å². The number of fused-ring (bicyclic) bond motifs is 2. The number of hydrogen-bond acceptors (Lipinski definition) is 6. The number of amides is 2. The van der Waals surface area contributed by atoms with E-state index in [-0.39, 0.29) is 58.3 Å². The molecule has 3 aliphatic rings. The van der Waals surface area contributed by atoms with Gasteiger partial charge in [-0.25, -0.2) is 21.6 Å². The lowest BCUT2D eigenvalue weighted by Gasteiger charge is -2.43. The quantitative estimate of drug-likeness (QED) is 0.349. The molecule has 2 unspecified atom stereocenters. The number of halogens is 4. The molecule has 2 aromatic rings. The van der Waals surface area contributed by atoms with Gasteiger partial charge in [-0.3, -0.25) is 9.59 Å². The van der Waals surface area contributed by atoms with Crippen molar-refractivity contribution >= 4 is 38.9 Å². The molecule has 0 saturated heterocycles. The molecule has 3 fully saturated rings. The second-order valence-corrected chi connectivity index (χ2v) is 14.2. The SMILES string of the molecule is C[C@H]1CC2CC(S(=O)(=O)c3cc(C(=O)Nc4cc(F)c(F)c(F)c4)ccc3Cl)C[C@H]1[C@@]2(O)CC(=O)NC1CC(O)C1. The molecule has 2 aromatic carbocycles. The minimum absolute atomic E-state index is 0.0346. The second kappa shape index (κ2) is 10.9. The van der Waals surface area contributed by atoms with Crippen molar-refractivity contribution in [1.82, 2.24) is 5.32 Å². The summed E-state index contributed by atoms with van der Waals surface area (Å²) in [7, 11) is -4.11. The molecule has 0 aromatic heterocycles. The van der Waals surface area contributed by atoms with Gasteiger partial charge in [0.05, 0.1) is 33.3 Å². The highest BCUT2D eigenvalue weighted by Crippen LogP contribution is 2.56. The Balaban J connectivity index is 1.33. The molecule has 2 amide bonds. The van der Waals surface area contributed by atoms with Crippen LogP contribution in [0.4, 0.5) is 18.9 Å². The van der Waals surface area contributed by atoms with E-state index in [1.165, 1.54) is 12.1 Å². The van der Waals surface area contributed by atoms with Crippen molar-refractivity contribution in [2.45, 2.75) is 73.3 Å². The molecule has 0 radical (unpaired) electrons. The van der Waals surface area contributed by atoms with E-state index in [9.17, 15) is 41.4 Å². The normalized spacial score (nSPS) is 30.9. The van der Waals surface area contributed by atoms with E-state index in [0.29, 0.717) is 31.4 Å². The van der Waals surface area contributed by atoms with Crippen LogP contribution < -0.4 is 10.6 Å². The molecule has 3 saturated carbocycles. The Morgan fingerprint density at radius 3 is 2.32 bits per heavy atom. The molecule has 5 rings (SSSR count). The summed E-state index contributed by atoms with van der Waals surface area (Å²) in [5, 5.41) is 25.1. The zero-order valence-corrected chi connectivity index (χ0v) is 23.6. The number of rotatable bonds is 7. The van der Waals surface area contributed by atoms with Gasteiger partial charge in [-0.2, -0.15) is 0 Å². The highest BCUT2D eigenvalue weighted by atomic mass is 35.5. The van der Waals surface area contributed by atoms with E-state index in [4.69, 9.17) is 11.6 Å². The van der Waals surface area contributed by atoms with Gasteiger partial charge in [-0.1, -0.05) is 18.5 Å². The first-order chi connectivity index (χ1) is 19.2. The number of anilines is 1. The maximum atomic E-state index is 13.8. The average molecular weight is 615 g/mol. The van der Waals surface area contributed by atoms with Gasteiger partial charge in [0.2, 0.25) is 5.91 Å². The van der Waals surface area contributed by atoms with E-state index < -0.39 is 62.0 Å². The molecular formula is C28H30ClF3N2O6S. The van der Waals surface area contributed by atoms with Crippen LogP contribution in [0.1, 0.15) is 55.8 Å². The molecular weight excluding hydrogens is 585 g/mol. The summed E-state index contributed by atoms with van der Waals surface area (Å²) in [6.07, 6.45) is 1.05. The molecule has 0 spiro atoms. The van der Waals surface area contributed by atoms with Gasteiger partial charge in [0, 0.05) is 29.4 Å². The molecule has 5 atom stereocenters. The monoisotopic (exact) mass is 614 g/mol. The van der Waals surface area contributed by atoms with Gasteiger partial charge < -0.3 is 20.8 Å². The minimum Gasteiger partial charge on any atom is -0.393 e. The van der Waals surface area contributed by atoms with Crippen molar-refractivity contribution in [3.05, 3.63) is 58.4 Å². The highest BCUT2D eigenvalue weighted by Gasteiger charge is 2.59. The Kier molecular flexibility index (Phi) is 7.90. The van der Waals surface area contributed by atoms with Crippen molar-refractivity contribution in [3.8, 4) is 0 Å². The molecule has 41 heavy (non-hydrogen) atoms. The lowest BCUT2D eigenvalue weighted by molar-refractivity contribution is -0.135. The maximum absolute atomic E-state index is 13.8. The summed E-state index contributed by atoms with van der Waals surface area (Å²) in [5.41, 5.74) is -1.89. The second-order valence-electron chi connectivity index (χ2n) is 11.6. The fourth-order valence-electron chi connectivity index (χ4n) is 6.69. The standard InChI is InChI=1S/C28H30ClF3N2O6S/c1-13-4-15-6-19(11-20(13)28(15,38)12-25(36)33-16-7-18(35)8-16)41(39,40)24-5-14(2-3-21(24)29)27(37)34-17-9-22(30)26(32)23(31)10-17/h2-3,5,9-10,13,15-16,18-20,35,38H,4,6-8,11-12H2,1H3,(H,33,36)(H,34,37)/t13-,15?,16?,18?,19?,20+,28+/m0/s1. The fourth-order valence-corrected chi connectivity index (χ4v) is 9.07. The largest absolute Gasteiger partial charge is 0.393 e. The van der Waals surface area contributed by atoms with E-state index in [2.05, 4.69) is 10.6 Å². The third-order valence-electron chi connectivity index (χ3n) is 8.86. The minimum atomic E-state index is -4.11. The van der Waals surface area contributed by atoms with E-state index in [1.54, 1.807) is 0 Å². The first kappa shape index (κ1) is 29.8. The molecule has 8 nitrogen and oxygen atoms in total. The lowest BCUT2D eigenvalue weighted by Crippen LogP contribution is -2.53.